The smallest absolute Gasteiger partial charge is 0.470 e. The first-order valence-corrected chi connectivity index (χ1v) is 23.6. The van der Waals surface area contributed by atoms with Crippen molar-refractivity contribution >= 4 is 67.1 Å². The van der Waals surface area contributed by atoms with Crippen molar-refractivity contribution in [3.63, 3.8) is 0 Å². The second-order valence-electron chi connectivity index (χ2n) is 15.9. The molecule has 10 N–H and O–H groups in total. The van der Waals surface area contributed by atoms with Gasteiger partial charge in [0.15, 0.2) is 23.2 Å². The summed E-state index contributed by atoms with van der Waals surface area (Å²) in [5.74, 6) is -1.06. The number of unbranched alkanes of at least 4 members (excludes halogenated alkanes) is 3. The molecule has 2 aromatic heterocycles. The average molecular weight is 955 g/mol. The molecular weight excluding hydrogens is 904 g/mol. The maximum atomic E-state index is 13.4. The van der Waals surface area contributed by atoms with Crippen LogP contribution in [0.5, 0.6) is 0 Å². The van der Waals surface area contributed by atoms with Crippen LogP contribution in [0.1, 0.15) is 52.6 Å². The number of nitrogens with two attached hydrogens (primary N) is 1. The van der Waals surface area contributed by atoms with Crippen LogP contribution in [0.2, 0.25) is 0 Å². The van der Waals surface area contributed by atoms with E-state index in [0.717, 1.165) is 17.4 Å². The maximum Gasteiger partial charge on any atom is 0.470 e. The molecule has 23 nitrogen and oxygen atoms in total. The minimum absolute atomic E-state index is 0.0364. The summed E-state index contributed by atoms with van der Waals surface area (Å²) >= 11 is 0. The molecule has 0 spiro atoms. The van der Waals surface area contributed by atoms with E-state index < -0.39 is 58.7 Å². The highest BCUT2D eigenvalue weighted by atomic mass is 31.2. The summed E-state index contributed by atoms with van der Waals surface area (Å²) in [6.07, 6.45) is -3.06. The Morgan fingerprint density at radius 1 is 0.939 bits per heavy atom. The van der Waals surface area contributed by atoms with E-state index in [2.05, 4.69) is 30.1 Å². The topological polar surface area (TPSA) is 330 Å². The summed E-state index contributed by atoms with van der Waals surface area (Å²) in [5, 5.41) is 29.0. The zero-order valence-corrected chi connectivity index (χ0v) is 37.9. The highest BCUT2D eigenvalue weighted by Crippen LogP contribution is 2.47. The molecule has 0 saturated carbocycles. The van der Waals surface area contributed by atoms with Crippen molar-refractivity contribution in [3.05, 3.63) is 77.4 Å². The summed E-state index contributed by atoms with van der Waals surface area (Å²) < 4.78 is 48.1. The standard InChI is InChI=1S/C41H49N9O14P2/c1-48(2)23-10-13-26-29(18-23)62-30-19-24(49(3)4)11-14-27(30)32(26)25-12-9-22(17-28(25)40(53)54)38(52)43-15-7-5-6-8-16-44-41-47-33-36(42)45-21-46-37(33)50(41)39-35(64-66(58,59)60)34(51)31(63-39)20-61-65(55,56)57/h9-14,17-19,21,31,34-35,39,42-43,51H,5-8,15-16,20H2,1-4H3,(H6,52,53,54,55,56,57,58,59,60)/p+1/t31-,34-,35-,39-/m1/s1. The molecule has 0 radical (unpaired) electrons. The van der Waals surface area contributed by atoms with Gasteiger partial charge in [-0.05, 0) is 48.7 Å². The Bertz CT molecular complexity index is 2930. The van der Waals surface area contributed by atoms with Crippen molar-refractivity contribution in [3.8, 4) is 22.5 Å². The second kappa shape index (κ2) is 19.6. The molecule has 4 aromatic rings. The van der Waals surface area contributed by atoms with Crippen LogP contribution in [0.4, 0.5) is 17.5 Å². The number of ether oxygens (including phenoxy) is 1. The number of carbonyl (C=O) groups excluding carboxylic acids is 1. The number of hydrogen-bond acceptors (Lipinski definition) is 15. The predicted octanol–water partition coefficient (Wildman–Crippen LogP) is 2.97. The third kappa shape index (κ3) is 10.7. The van der Waals surface area contributed by atoms with Gasteiger partial charge in [0.05, 0.1) is 18.2 Å². The van der Waals surface area contributed by atoms with Gasteiger partial charge in [-0.25, -0.2) is 33.5 Å². The van der Waals surface area contributed by atoms with Gasteiger partial charge in [0.1, 0.15) is 50.1 Å². The Kier molecular flexibility index (Phi) is 14.3. The number of amides is 1. The first-order valence-electron chi connectivity index (χ1n) is 20.5. The molecule has 1 amide bonds. The Hall–Kier alpha value is -5.84. The van der Waals surface area contributed by atoms with Crippen molar-refractivity contribution in [2.45, 2.75) is 50.2 Å². The summed E-state index contributed by atoms with van der Waals surface area (Å²) in [6.45, 7) is -0.259. The lowest BCUT2D eigenvalue weighted by Gasteiger charge is -2.23. The van der Waals surface area contributed by atoms with Gasteiger partial charge in [-0.1, -0.05) is 18.9 Å². The highest BCUT2D eigenvalue weighted by molar-refractivity contribution is 7.46. The van der Waals surface area contributed by atoms with Crippen molar-refractivity contribution in [2.24, 2.45) is 0 Å². The zero-order valence-electron chi connectivity index (χ0n) is 36.1. The Balaban J connectivity index is 1.00. The molecule has 66 heavy (non-hydrogen) atoms. The van der Waals surface area contributed by atoms with E-state index in [4.69, 9.17) is 19.4 Å². The molecule has 352 valence electrons. The normalized spacial score (nSPS) is 17.7. The number of carboxylic acid groups (broad SMARTS) is 1. The molecule has 7 rings (SSSR count). The van der Waals surface area contributed by atoms with Crippen LogP contribution < -0.4 is 31.2 Å². The number of hydrogen-bond donors (Lipinski definition) is 9. The lowest BCUT2D eigenvalue weighted by Crippen LogP contribution is -2.35. The van der Waals surface area contributed by atoms with Crippen molar-refractivity contribution in [1.29, 1.82) is 0 Å². The van der Waals surface area contributed by atoms with E-state index in [1.54, 1.807) is 12.1 Å². The first-order chi connectivity index (χ1) is 31.2. The number of nitrogens with zero attached hydrogens (tertiary/aromatic N) is 6. The van der Waals surface area contributed by atoms with Crippen LogP contribution in [0, 0.1) is 0 Å². The number of carboxylic acids is 1. The SMILES string of the molecule is CN(C)c1ccc2c(-c3ccc(C(=O)NCCCCCCNc4nc5c(N)ncnc5n4[C@@H]4O[C@H](COP(=O)(O)O)[C@@H](O)[C@H]4OP(=O)(O)O)cc3C(=O)O)c3ccc(=[N+](C)C)cc-3oc2c1. The fraction of sp³-hybridized carbons (Fsp3) is 0.366. The number of anilines is 3. The molecule has 4 atom stereocenters. The molecule has 1 aliphatic carbocycles. The number of benzene rings is 3. The fourth-order valence-corrected chi connectivity index (χ4v) is 8.59. The van der Waals surface area contributed by atoms with Gasteiger partial charge in [-0.3, -0.25) is 18.4 Å². The van der Waals surface area contributed by atoms with E-state index >= 15 is 0 Å². The molecule has 25 heteroatoms. The van der Waals surface area contributed by atoms with Crippen LogP contribution in [-0.2, 0) is 22.9 Å². The third-order valence-electron chi connectivity index (χ3n) is 10.9. The molecule has 2 aromatic carbocycles. The van der Waals surface area contributed by atoms with E-state index in [-0.39, 0.29) is 34.1 Å². The monoisotopic (exact) mass is 954 g/mol. The molecule has 3 aliphatic rings. The molecule has 0 bridgehead atoms. The van der Waals surface area contributed by atoms with Crippen molar-refractivity contribution < 1.29 is 66.7 Å². The number of nitrogen functional groups attached to an aromatic ring is 1. The number of aliphatic hydroxyl groups excluding tert-OH is 1. The molecule has 1 fully saturated rings. The summed E-state index contributed by atoms with van der Waals surface area (Å²) in [7, 11) is -2.61. The minimum atomic E-state index is -5.26. The van der Waals surface area contributed by atoms with Gasteiger partial charge in [0, 0.05) is 67.1 Å². The molecular formula is C41H50N9O14P2+. The maximum absolute atomic E-state index is 13.4. The molecule has 0 unspecified atom stereocenters. The van der Waals surface area contributed by atoms with Gasteiger partial charge in [0.25, 0.3) is 5.91 Å². The van der Waals surface area contributed by atoms with E-state index in [1.165, 1.54) is 10.6 Å². The Morgan fingerprint density at radius 2 is 1.67 bits per heavy atom. The van der Waals surface area contributed by atoms with Gasteiger partial charge in [-0.2, -0.15) is 0 Å². The number of phosphoric ester groups is 2. The Morgan fingerprint density at radius 3 is 2.35 bits per heavy atom. The number of aliphatic hydroxyl groups is 1. The lowest BCUT2D eigenvalue weighted by molar-refractivity contribution is -0.0489. The second-order valence-corrected chi connectivity index (χ2v) is 18.4. The average Bonchev–Trinajstić information content (AvgIpc) is 3.77. The van der Waals surface area contributed by atoms with Gasteiger partial charge < -0.3 is 60.2 Å². The number of phosphoric acid groups is 2. The van der Waals surface area contributed by atoms with E-state index in [9.17, 15) is 48.5 Å². The Labute approximate surface area is 376 Å². The highest BCUT2D eigenvalue weighted by Gasteiger charge is 2.50. The number of fused-ring (bicyclic) bond motifs is 3. The lowest BCUT2D eigenvalue weighted by atomic mass is 9.89. The van der Waals surface area contributed by atoms with E-state index in [1.807, 2.05) is 74.1 Å². The number of aromatic nitrogens is 4. The number of imidazole rings is 1. The third-order valence-corrected chi connectivity index (χ3v) is 11.9. The quantitative estimate of drug-likeness (QED) is 0.0259. The van der Waals surface area contributed by atoms with Crippen LogP contribution in [0.3, 0.4) is 0 Å². The van der Waals surface area contributed by atoms with Crippen LogP contribution in [0.15, 0.2) is 65.3 Å². The number of aromatic carboxylic acids is 1. The summed E-state index contributed by atoms with van der Waals surface area (Å²) in [4.78, 5) is 78.4. The summed E-state index contributed by atoms with van der Waals surface area (Å²) in [6, 6.07) is 16.1. The molecule has 1 saturated heterocycles. The van der Waals surface area contributed by atoms with Crippen LogP contribution in [0.25, 0.3) is 44.6 Å². The predicted molar refractivity (Wildman–Crippen MR) is 241 cm³/mol. The van der Waals surface area contributed by atoms with Crippen molar-refractivity contribution in [2.75, 3.05) is 63.8 Å². The fourth-order valence-electron chi connectivity index (χ4n) is 7.70. The van der Waals surface area contributed by atoms with Gasteiger partial charge >= 0.3 is 21.6 Å². The van der Waals surface area contributed by atoms with E-state index in [0.29, 0.717) is 72.2 Å². The number of rotatable bonds is 18. The largest absolute Gasteiger partial charge is 0.478 e. The minimum Gasteiger partial charge on any atom is -0.478 e. The first kappa shape index (κ1) is 48.1. The van der Waals surface area contributed by atoms with Crippen molar-refractivity contribution in [1.82, 2.24) is 29.4 Å². The number of nitrogens with one attached hydrogen (secondary N) is 2. The number of carbonyl (C=O) groups is 2. The van der Waals surface area contributed by atoms with Gasteiger partial charge in [-0.15, -0.1) is 0 Å². The summed E-state index contributed by atoms with van der Waals surface area (Å²) in [5.41, 5.74) is 9.58. The molecule has 4 heterocycles. The van der Waals surface area contributed by atoms with Crippen LogP contribution >= 0.6 is 15.6 Å². The molecule has 2 aliphatic heterocycles. The van der Waals surface area contributed by atoms with Crippen LogP contribution in [-0.4, -0.2) is 127 Å². The van der Waals surface area contributed by atoms with Gasteiger partial charge in [0.2, 0.25) is 11.3 Å². The zero-order chi connectivity index (χ0) is 47.7.